The van der Waals surface area contributed by atoms with Gasteiger partial charge in [-0.3, -0.25) is 14.6 Å². The van der Waals surface area contributed by atoms with Gasteiger partial charge in [-0.2, -0.15) is 5.10 Å². The first-order chi connectivity index (χ1) is 15.5. The van der Waals surface area contributed by atoms with Crippen LogP contribution in [0.4, 0.5) is 4.39 Å². The van der Waals surface area contributed by atoms with E-state index in [1.165, 1.54) is 13.2 Å². The summed E-state index contributed by atoms with van der Waals surface area (Å²) >= 11 is 3.51. The van der Waals surface area contributed by atoms with Gasteiger partial charge in [0.15, 0.2) is 5.69 Å². The van der Waals surface area contributed by atoms with E-state index in [-0.39, 0.29) is 11.6 Å². The molecule has 166 valence electrons. The van der Waals surface area contributed by atoms with Gasteiger partial charge in [-0.15, -0.1) is 0 Å². The van der Waals surface area contributed by atoms with Gasteiger partial charge in [0.05, 0.1) is 24.4 Å². The van der Waals surface area contributed by atoms with Crippen molar-refractivity contribution in [3.05, 3.63) is 52.3 Å². The predicted molar refractivity (Wildman–Crippen MR) is 119 cm³/mol. The fraction of sp³-hybridized carbons (Fsp3) is 0.364. The molecule has 0 saturated carbocycles. The van der Waals surface area contributed by atoms with E-state index in [0.29, 0.717) is 35.5 Å². The zero-order chi connectivity index (χ0) is 22.4. The molecule has 4 aromatic heterocycles. The Bertz CT molecular complexity index is 1330. The molecule has 10 heteroatoms. The van der Waals surface area contributed by atoms with Crippen LogP contribution < -0.4 is 0 Å². The van der Waals surface area contributed by atoms with Crippen LogP contribution in [0.15, 0.2) is 35.1 Å². The third-order valence-electron chi connectivity index (χ3n) is 6.02. The molecule has 0 aliphatic carbocycles. The number of rotatable bonds is 4. The lowest BCUT2D eigenvalue weighted by Gasteiger charge is -2.32. The molecule has 1 aliphatic rings. The van der Waals surface area contributed by atoms with Crippen molar-refractivity contribution in [2.45, 2.75) is 18.9 Å². The van der Waals surface area contributed by atoms with Crippen molar-refractivity contribution in [1.82, 2.24) is 24.3 Å². The maximum atomic E-state index is 15.2. The molecule has 0 amide bonds. The number of pyridine rings is 2. The minimum absolute atomic E-state index is 0.0386. The minimum Gasteiger partial charge on any atom is -0.464 e. The standard InChI is InChI=1S/C22H21BrFN5O3/c1-28-20-17-15(10-13(23)11-26-17)29(21(20)18(27-28)22(30)31-2)19(12-5-8-32-9-6-12)16-14(24)4-3-7-25-16/h3-4,7,10-12,19H,5-6,8-9H2,1-2H3. The molecule has 0 spiro atoms. The van der Waals surface area contributed by atoms with Crippen LogP contribution in [0, 0.1) is 11.7 Å². The lowest BCUT2D eigenvalue weighted by atomic mass is 9.88. The van der Waals surface area contributed by atoms with Gasteiger partial charge >= 0.3 is 5.97 Å². The van der Waals surface area contributed by atoms with Crippen LogP contribution >= 0.6 is 15.9 Å². The Morgan fingerprint density at radius 3 is 2.81 bits per heavy atom. The summed E-state index contributed by atoms with van der Waals surface area (Å²) in [5.74, 6) is -0.923. The molecular weight excluding hydrogens is 481 g/mol. The number of methoxy groups -OCH3 is 1. The Hall–Kier alpha value is -2.85. The Balaban J connectivity index is 1.91. The van der Waals surface area contributed by atoms with Crippen LogP contribution in [-0.2, 0) is 16.5 Å². The van der Waals surface area contributed by atoms with Crippen molar-refractivity contribution >= 4 is 44.0 Å². The van der Waals surface area contributed by atoms with Crippen LogP contribution in [0.5, 0.6) is 0 Å². The molecule has 0 radical (unpaired) electrons. The third-order valence-corrected chi connectivity index (χ3v) is 6.45. The molecule has 5 heterocycles. The number of ether oxygens (including phenoxy) is 2. The lowest BCUT2D eigenvalue weighted by molar-refractivity contribution is 0.0539. The molecule has 1 saturated heterocycles. The summed E-state index contributed by atoms with van der Waals surface area (Å²) in [6.07, 6.45) is 4.75. The fourth-order valence-corrected chi connectivity index (χ4v) is 4.97. The van der Waals surface area contributed by atoms with E-state index >= 15 is 4.39 Å². The Labute approximate surface area is 191 Å². The molecule has 1 aliphatic heterocycles. The zero-order valence-corrected chi connectivity index (χ0v) is 19.2. The van der Waals surface area contributed by atoms with Crippen molar-refractivity contribution in [3.8, 4) is 0 Å². The highest BCUT2D eigenvalue weighted by Gasteiger charge is 2.35. The number of hydrogen-bond acceptors (Lipinski definition) is 6. The molecule has 1 unspecified atom stereocenters. The number of carbonyl (C=O) groups is 1. The van der Waals surface area contributed by atoms with E-state index in [1.54, 1.807) is 30.2 Å². The van der Waals surface area contributed by atoms with Gasteiger partial charge in [-0.05, 0) is 52.9 Å². The van der Waals surface area contributed by atoms with E-state index < -0.39 is 17.8 Å². The first-order valence-electron chi connectivity index (χ1n) is 10.3. The largest absolute Gasteiger partial charge is 0.464 e. The molecule has 0 N–H and O–H groups in total. The minimum atomic E-state index is -0.564. The highest BCUT2D eigenvalue weighted by molar-refractivity contribution is 9.10. The molecule has 32 heavy (non-hydrogen) atoms. The monoisotopic (exact) mass is 501 g/mol. The van der Waals surface area contributed by atoms with E-state index in [2.05, 4.69) is 31.0 Å². The summed E-state index contributed by atoms with van der Waals surface area (Å²) in [7, 11) is 3.08. The molecule has 0 bridgehead atoms. The summed E-state index contributed by atoms with van der Waals surface area (Å²) in [4.78, 5) is 21.7. The van der Waals surface area contributed by atoms with Crippen molar-refractivity contribution in [1.29, 1.82) is 0 Å². The number of halogens is 2. The van der Waals surface area contributed by atoms with E-state index in [4.69, 9.17) is 9.47 Å². The zero-order valence-electron chi connectivity index (χ0n) is 17.6. The maximum Gasteiger partial charge on any atom is 0.360 e. The van der Waals surface area contributed by atoms with Gasteiger partial charge in [-0.1, -0.05) is 0 Å². The van der Waals surface area contributed by atoms with Crippen LogP contribution in [0.25, 0.3) is 22.1 Å². The summed E-state index contributed by atoms with van der Waals surface area (Å²) in [5, 5.41) is 4.43. The van der Waals surface area contributed by atoms with Crippen molar-refractivity contribution in [2.24, 2.45) is 13.0 Å². The fourth-order valence-electron chi connectivity index (χ4n) is 4.65. The molecule has 1 atom stereocenters. The Morgan fingerprint density at radius 1 is 1.31 bits per heavy atom. The highest BCUT2D eigenvalue weighted by atomic mass is 79.9. The average Bonchev–Trinajstić information content (AvgIpc) is 3.31. The van der Waals surface area contributed by atoms with Gasteiger partial charge < -0.3 is 14.0 Å². The second-order valence-corrected chi connectivity index (χ2v) is 8.73. The number of esters is 1. The summed E-state index contributed by atoms with van der Waals surface area (Å²) in [5.41, 5.74) is 3.14. The average molecular weight is 502 g/mol. The van der Waals surface area contributed by atoms with Crippen LogP contribution in [0.3, 0.4) is 0 Å². The predicted octanol–water partition coefficient (Wildman–Crippen LogP) is 4.02. The molecule has 4 aromatic rings. The molecular formula is C22H21BrFN5O3. The van der Waals surface area contributed by atoms with Crippen molar-refractivity contribution in [3.63, 3.8) is 0 Å². The van der Waals surface area contributed by atoms with Gasteiger partial charge in [0, 0.05) is 37.1 Å². The second-order valence-electron chi connectivity index (χ2n) is 7.82. The van der Waals surface area contributed by atoms with Gasteiger partial charge in [0.2, 0.25) is 0 Å². The number of aryl methyl sites for hydroxylation is 1. The summed E-state index contributed by atoms with van der Waals surface area (Å²) in [6.45, 7) is 1.16. The van der Waals surface area contributed by atoms with Crippen molar-refractivity contribution in [2.75, 3.05) is 20.3 Å². The quantitative estimate of drug-likeness (QED) is 0.392. The lowest BCUT2D eigenvalue weighted by Crippen LogP contribution is -2.28. The van der Waals surface area contributed by atoms with Crippen LogP contribution in [-0.4, -0.2) is 50.6 Å². The van der Waals surface area contributed by atoms with Gasteiger partial charge in [0.1, 0.15) is 22.4 Å². The molecule has 0 aromatic carbocycles. The smallest absolute Gasteiger partial charge is 0.360 e. The SMILES string of the molecule is COC(=O)c1nn(C)c2c3ncc(Br)cc3n(C(c3ncccc3F)C3CCOCC3)c12. The molecule has 8 nitrogen and oxygen atoms in total. The van der Waals surface area contributed by atoms with E-state index in [0.717, 1.165) is 22.8 Å². The molecule has 1 fully saturated rings. The highest BCUT2D eigenvalue weighted by Crippen LogP contribution is 2.41. The Morgan fingerprint density at radius 2 is 2.09 bits per heavy atom. The first kappa shape index (κ1) is 21.0. The van der Waals surface area contributed by atoms with Crippen molar-refractivity contribution < 1.29 is 18.7 Å². The number of aromatic nitrogens is 5. The number of fused-ring (bicyclic) bond motifs is 3. The van der Waals surface area contributed by atoms with E-state index in [9.17, 15) is 4.79 Å². The van der Waals surface area contributed by atoms with Gasteiger partial charge in [-0.25, -0.2) is 9.18 Å². The van der Waals surface area contributed by atoms with Crippen LogP contribution in [0.1, 0.15) is 35.1 Å². The number of nitrogens with zero attached hydrogens (tertiary/aromatic N) is 5. The first-order valence-corrected chi connectivity index (χ1v) is 11.1. The second kappa shape index (κ2) is 8.25. The summed E-state index contributed by atoms with van der Waals surface area (Å²) in [6, 6.07) is 4.43. The van der Waals surface area contributed by atoms with Crippen LogP contribution in [0.2, 0.25) is 0 Å². The number of carbonyl (C=O) groups excluding carboxylic acids is 1. The van der Waals surface area contributed by atoms with Gasteiger partial charge in [0.25, 0.3) is 0 Å². The normalized spacial score (nSPS) is 16.0. The number of hydrogen-bond donors (Lipinski definition) is 0. The maximum absolute atomic E-state index is 15.2. The summed E-state index contributed by atoms with van der Waals surface area (Å²) < 4.78 is 30.1. The van der Waals surface area contributed by atoms with E-state index in [1.807, 2.05) is 10.6 Å². The third kappa shape index (κ3) is 3.29. The molecule has 5 rings (SSSR count). The Kier molecular flexibility index (Phi) is 5.42. The topological polar surface area (TPSA) is 84.1 Å².